The standard InChI is InChI=1S/2CN.N.Ni/c2*1-2;;/q2*-1;;+2. The topological polar surface area (TPSA) is 78.1 Å². The fourth-order valence-corrected chi connectivity index (χ4v) is 0. The molecule has 0 aromatic carbocycles. The van der Waals surface area contributed by atoms with E-state index in [0.717, 1.165) is 0 Å². The maximum atomic E-state index is 6.25. The van der Waals surface area contributed by atoms with Crippen molar-refractivity contribution < 1.29 is 16.5 Å². The molecule has 0 unspecified atom stereocenters. The smallest absolute Gasteiger partial charge is 0.512 e. The van der Waals surface area contributed by atoms with E-state index in [0.29, 0.717) is 0 Å². The van der Waals surface area contributed by atoms with E-state index in [4.69, 9.17) is 23.7 Å². The Balaban J connectivity index is -0.00000000500. The van der Waals surface area contributed by atoms with E-state index in [9.17, 15) is 0 Å². The van der Waals surface area contributed by atoms with Crippen molar-refractivity contribution in [1.82, 2.24) is 6.15 Å². The minimum atomic E-state index is 0. The number of rotatable bonds is 0. The van der Waals surface area contributed by atoms with E-state index in [1.807, 2.05) is 0 Å². The molecule has 0 amide bonds. The average molecular weight is 125 g/mol. The second-order valence-corrected chi connectivity index (χ2v) is 0. The van der Waals surface area contributed by atoms with Gasteiger partial charge in [-0.15, -0.1) is 0 Å². The Morgan fingerprint density at radius 2 is 0.833 bits per heavy atom. The van der Waals surface area contributed by atoms with E-state index in [1.54, 1.807) is 0 Å². The van der Waals surface area contributed by atoms with Gasteiger partial charge < -0.3 is 23.7 Å². The molecule has 0 rings (SSSR count). The summed E-state index contributed by atoms with van der Waals surface area (Å²) in [7, 11) is 0. The largest absolute Gasteiger partial charge is 2.00 e. The molecule has 0 fully saturated rings. The molecule has 0 aromatic rings. The summed E-state index contributed by atoms with van der Waals surface area (Å²) in [6.07, 6.45) is 0. The molecule has 0 aliphatic rings. The van der Waals surface area contributed by atoms with E-state index >= 15 is 0 Å². The Morgan fingerprint density at radius 3 is 0.833 bits per heavy atom. The third-order valence-corrected chi connectivity index (χ3v) is 0. The van der Waals surface area contributed by atoms with Gasteiger partial charge in [-0.3, -0.25) is 0 Å². The van der Waals surface area contributed by atoms with Crippen LogP contribution < -0.4 is 6.15 Å². The molecule has 3 nitrogen and oxygen atoms in total. The zero-order valence-corrected chi connectivity index (χ0v) is 3.65. The van der Waals surface area contributed by atoms with Crippen molar-refractivity contribution in [1.29, 1.82) is 10.5 Å². The fraction of sp³-hybridized carbons (Fsp3) is 0. The van der Waals surface area contributed by atoms with Crippen LogP contribution in [0.25, 0.3) is 0 Å². The maximum absolute atomic E-state index is 6.25. The first-order valence-electron chi connectivity index (χ1n) is 0.447. The molecule has 0 spiro atoms. The second kappa shape index (κ2) is 163. The van der Waals surface area contributed by atoms with Crippen LogP contribution in [0.5, 0.6) is 0 Å². The van der Waals surface area contributed by atoms with Crippen molar-refractivity contribution in [2.75, 3.05) is 0 Å². The minimum absolute atomic E-state index is 0. The van der Waals surface area contributed by atoms with E-state index in [-0.39, 0.29) is 22.6 Å². The summed E-state index contributed by atoms with van der Waals surface area (Å²) >= 11 is 0. The van der Waals surface area contributed by atoms with Crippen molar-refractivity contribution in [2.24, 2.45) is 0 Å². The number of hydrogen-bond acceptors (Lipinski definition) is 2. The van der Waals surface area contributed by atoms with Gasteiger partial charge >= 0.3 is 16.5 Å². The molecule has 3 radical (unpaired) electrons. The summed E-state index contributed by atoms with van der Waals surface area (Å²) in [4.78, 5) is 0. The van der Waals surface area contributed by atoms with Crippen LogP contribution in [0.1, 0.15) is 0 Å². The van der Waals surface area contributed by atoms with Crippen LogP contribution in [-0.4, -0.2) is 0 Å². The van der Waals surface area contributed by atoms with Crippen LogP contribution in [0.15, 0.2) is 0 Å². The quantitative estimate of drug-likeness (QED) is 0.329. The van der Waals surface area contributed by atoms with Gasteiger partial charge in [0.1, 0.15) is 0 Å². The molecule has 0 heterocycles. The molecule has 6 heavy (non-hydrogen) atoms. The fourth-order valence-electron chi connectivity index (χ4n) is 0. The molecule has 0 bridgehead atoms. The Labute approximate surface area is 47.1 Å². The summed E-state index contributed by atoms with van der Waals surface area (Å²) in [5.74, 6) is 0. The Bertz CT molecular complexity index is 24.3. The average Bonchev–Trinajstić information content (AvgIpc) is 1.50. The summed E-state index contributed by atoms with van der Waals surface area (Å²) in [5, 5.41) is 12.5. The molecular weight excluding hydrogens is 125 g/mol. The number of nitrogens with zero attached hydrogens (tertiary/aromatic N) is 3. The van der Waals surface area contributed by atoms with Crippen LogP contribution in [0.2, 0.25) is 0 Å². The molecule has 0 atom stereocenters. The maximum Gasteiger partial charge on any atom is 2.00 e. The monoisotopic (exact) mass is 124 g/mol. The van der Waals surface area contributed by atoms with Crippen molar-refractivity contribution >= 4 is 0 Å². The van der Waals surface area contributed by atoms with Gasteiger partial charge in [0, 0.05) is 6.15 Å². The second-order valence-electron chi connectivity index (χ2n) is 0. The minimum Gasteiger partial charge on any atom is -0.512 e. The Kier molecular flexibility index (Phi) is 1410. The molecule has 0 saturated heterocycles. The van der Waals surface area contributed by atoms with Crippen LogP contribution in [0.3, 0.4) is 0 Å². The van der Waals surface area contributed by atoms with Gasteiger partial charge in [-0.1, -0.05) is 0 Å². The molecule has 0 saturated carbocycles. The molecule has 0 aromatic heterocycles. The number of hydrogen-bond donors (Lipinski definition) is 0. The van der Waals surface area contributed by atoms with Crippen molar-refractivity contribution in [3.63, 3.8) is 0 Å². The van der Waals surface area contributed by atoms with Gasteiger partial charge in [0.15, 0.2) is 0 Å². The molecule has 4 heteroatoms. The normalized spacial score (nSPS) is 0.667. The van der Waals surface area contributed by atoms with E-state index < -0.39 is 0 Å². The van der Waals surface area contributed by atoms with E-state index in [2.05, 4.69) is 0 Å². The summed E-state index contributed by atoms with van der Waals surface area (Å²) in [6.45, 7) is 9.50. The molecular formula is C2N3Ni. The summed E-state index contributed by atoms with van der Waals surface area (Å²) in [6, 6.07) is 0. The van der Waals surface area contributed by atoms with Gasteiger partial charge in [-0.25, -0.2) is 0 Å². The molecule has 0 aliphatic heterocycles. The van der Waals surface area contributed by atoms with Gasteiger partial charge in [0.25, 0.3) is 0 Å². The third-order valence-electron chi connectivity index (χ3n) is 0. The van der Waals surface area contributed by atoms with Crippen molar-refractivity contribution in [2.45, 2.75) is 0 Å². The Morgan fingerprint density at radius 1 is 0.833 bits per heavy atom. The van der Waals surface area contributed by atoms with E-state index in [1.165, 1.54) is 0 Å². The first-order chi connectivity index (χ1) is 2.00. The van der Waals surface area contributed by atoms with Gasteiger partial charge in [0.2, 0.25) is 0 Å². The molecule has 33 valence electrons. The first-order valence-corrected chi connectivity index (χ1v) is 0.447. The van der Waals surface area contributed by atoms with Crippen LogP contribution in [-0.2, 0) is 16.5 Å². The van der Waals surface area contributed by atoms with Crippen LogP contribution in [0, 0.1) is 23.7 Å². The predicted molar refractivity (Wildman–Crippen MR) is 12.1 cm³/mol. The van der Waals surface area contributed by atoms with Crippen molar-refractivity contribution in [3.05, 3.63) is 13.1 Å². The SMILES string of the molecule is [C-]#N.[C-]#N.[N].[Ni+2]. The summed E-state index contributed by atoms with van der Waals surface area (Å²) < 4.78 is 0. The van der Waals surface area contributed by atoms with Gasteiger partial charge in [-0.2, -0.15) is 0 Å². The first kappa shape index (κ1) is 52.0. The van der Waals surface area contributed by atoms with Crippen LogP contribution >= 0.6 is 0 Å². The third kappa shape index (κ3) is 63.4. The molecule has 0 aliphatic carbocycles. The Hall–Kier alpha value is -0.566. The van der Waals surface area contributed by atoms with Crippen LogP contribution in [0.4, 0.5) is 0 Å². The van der Waals surface area contributed by atoms with Crippen molar-refractivity contribution in [3.8, 4) is 0 Å². The van der Waals surface area contributed by atoms with Gasteiger partial charge in [-0.05, 0) is 0 Å². The predicted octanol–water partition coefficient (Wildman–Crippen LogP) is -0.290. The summed E-state index contributed by atoms with van der Waals surface area (Å²) in [5.41, 5.74) is 0. The zero-order valence-electron chi connectivity index (χ0n) is 2.66. The zero-order chi connectivity index (χ0) is 4.00. The van der Waals surface area contributed by atoms with Gasteiger partial charge in [0.05, 0.1) is 0 Å². The molecule has 0 N–H and O–H groups in total.